The second-order valence-corrected chi connectivity index (χ2v) is 4.75. The van der Waals surface area contributed by atoms with Crippen molar-refractivity contribution in [3.63, 3.8) is 0 Å². The number of nitrogens with zero attached hydrogens (tertiary/aromatic N) is 3. The van der Waals surface area contributed by atoms with E-state index in [-0.39, 0.29) is 0 Å². The van der Waals surface area contributed by atoms with Gasteiger partial charge in [0, 0.05) is 13.1 Å². The predicted octanol–water partition coefficient (Wildman–Crippen LogP) is 1.49. The van der Waals surface area contributed by atoms with Crippen molar-refractivity contribution in [1.82, 2.24) is 9.97 Å². The Morgan fingerprint density at radius 1 is 1.50 bits per heavy atom. The van der Waals surface area contributed by atoms with Gasteiger partial charge in [-0.25, -0.2) is 9.97 Å². The van der Waals surface area contributed by atoms with E-state index in [9.17, 15) is 0 Å². The third-order valence-corrected chi connectivity index (χ3v) is 3.68. The normalized spacial score (nSPS) is 15.2. The molecule has 16 heavy (non-hydrogen) atoms. The lowest BCUT2D eigenvalue weighted by Crippen LogP contribution is -2.37. The van der Waals surface area contributed by atoms with Gasteiger partial charge in [0.2, 0.25) is 5.88 Å². The molecule has 3 rings (SSSR count). The summed E-state index contributed by atoms with van der Waals surface area (Å²) in [5, 5.41) is 0.558. The number of nitrogens with two attached hydrogens (primary N) is 1. The van der Waals surface area contributed by atoms with E-state index in [0.717, 1.165) is 29.0 Å². The summed E-state index contributed by atoms with van der Waals surface area (Å²) in [6.07, 6.45) is 3.08. The van der Waals surface area contributed by atoms with Gasteiger partial charge in [-0.1, -0.05) is 11.3 Å². The zero-order valence-electron chi connectivity index (χ0n) is 8.93. The zero-order valence-corrected chi connectivity index (χ0v) is 9.75. The Bertz CT molecular complexity index is 535. The first-order valence-corrected chi connectivity index (χ1v) is 5.95. The minimum Gasteiger partial charge on any atom is -0.479 e. The first kappa shape index (κ1) is 9.65. The fraction of sp³-hybridized carbons (Fsp3) is 0.400. The maximum absolute atomic E-state index is 5.75. The topological polar surface area (TPSA) is 64.3 Å². The molecule has 1 aliphatic heterocycles. The fourth-order valence-corrected chi connectivity index (χ4v) is 2.69. The van der Waals surface area contributed by atoms with Gasteiger partial charge < -0.3 is 15.4 Å². The van der Waals surface area contributed by atoms with Crippen LogP contribution in [0.1, 0.15) is 6.42 Å². The molecule has 1 saturated heterocycles. The molecule has 5 nitrogen and oxygen atoms in total. The second-order valence-electron chi connectivity index (χ2n) is 3.72. The number of fused-ring (bicyclic) bond motifs is 1. The minimum absolute atomic E-state index is 0.548. The van der Waals surface area contributed by atoms with E-state index < -0.39 is 0 Å². The van der Waals surface area contributed by atoms with Crippen molar-refractivity contribution >= 4 is 32.4 Å². The molecular weight excluding hydrogens is 224 g/mol. The van der Waals surface area contributed by atoms with Gasteiger partial charge in [-0.2, -0.15) is 0 Å². The van der Waals surface area contributed by atoms with Crippen molar-refractivity contribution in [2.45, 2.75) is 6.42 Å². The second kappa shape index (κ2) is 3.48. The highest BCUT2D eigenvalue weighted by molar-refractivity contribution is 7.22. The summed E-state index contributed by atoms with van der Waals surface area (Å²) in [7, 11) is 1.60. The average Bonchev–Trinajstić information content (AvgIpc) is 2.57. The lowest BCUT2D eigenvalue weighted by molar-refractivity contribution is 0.402. The number of thiazole rings is 1. The predicted molar refractivity (Wildman–Crippen MR) is 65.2 cm³/mol. The van der Waals surface area contributed by atoms with Gasteiger partial charge >= 0.3 is 0 Å². The van der Waals surface area contributed by atoms with Crippen LogP contribution in [-0.2, 0) is 0 Å². The molecular formula is C10H12N4OS. The van der Waals surface area contributed by atoms with Crippen LogP contribution in [0.3, 0.4) is 0 Å². The summed E-state index contributed by atoms with van der Waals surface area (Å²) in [5.41, 5.74) is 7.64. The molecule has 0 aromatic carbocycles. The van der Waals surface area contributed by atoms with E-state index in [0.29, 0.717) is 11.0 Å². The Hall–Kier alpha value is -1.56. The van der Waals surface area contributed by atoms with Crippen LogP contribution in [0.25, 0.3) is 10.2 Å². The Labute approximate surface area is 96.9 Å². The molecule has 1 aliphatic rings. The van der Waals surface area contributed by atoms with E-state index in [2.05, 4.69) is 14.9 Å². The van der Waals surface area contributed by atoms with Gasteiger partial charge in [-0.15, -0.1) is 0 Å². The molecule has 2 aromatic heterocycles. The number of ether oxygens (including phenoxy) is 1. The molecule has 6 heteroatoms. The highest BCUT2D eigenvalue weighted by atomic mass is 32.1. The monoisotopic (exact) mass is 236 g/mol. The third-order valence-electron chi connectivity index (χ3n) is 2.77. The molecule has 1 fully saturated rings. The quantitative estimate of drug-likeness (QED) is 0.856. The van der Waals surface area contributed by atoms with Crippen LogP contribution >= 0.6 is 11.3 Å². The number of methoxy groups -OCH3 is 1. The van der Waals surface area contributed by atoms with E-state index in [1.807, 2.05) is 6.20 Å². The van der Waals surface area contributed by atoms with E-state index >= 15 is 0 Å². The van der Waals surface area contributed by atoms with Gasteiger partial charge in [0.25, 0.3) is 0 Å². The summed E-state index contributed by atoms with van der Waals surface area (Å²) in [6, 6.07) is 0. The third kappa shape index (κ3) is 1.30. The Kier molecular flexibility index (Phi) is 2.10. The average molecular weight is 236 g/mol. The lowest BCUT2D eigenvalue weighted by atomic mass is 10.2. The lowest BCUT2D eigenvalue weighted by Gasteiger charge is -2.33. The number of hydrogen-bond acceptors (Lipinski definition) is 6. The van der Waals surface area contributed by atoms with Crippen LogP contribution < -0.4 is 15.4 Å². The summed E-state index contributed by atoms with van der Waals surface area (Å²) in [5.74, 6) is 0.548. The van der Waals surface area contributed by atoms with Crippen LogP contribution in [-0.4, -0.2) is 30.2 Å². The maximum Gasteiger partial charge on any atom is 0.241 e. The molecule has 0 unspecified atom stereocenters. The van der Waals surface area contributed by atoms with Crippen molar-refractivity contribution in [1.29, 1.82) is 0 Å². The molecule has 84 valence electrons. The van der Waals surface area contributed by atoms with E-state index in [1.165, 1.54) is 17.8 Å². The summed E-state index contributed by atoms with van der Waals surface area (Å²) in [4.78, 5) is 10.8. The fourth-order valence-electron chi connectivity index (χ4n) is 1.83. The van der Waals surface area contributed by atoms with Crippen molar-refractivity contribution in [2.75, 3.05) is 30.8 Å². The number of nitrogen functional groups attached to an aromatic ring is 1. The first-order valence-electron chi connectivity index (χ1n) is 5.13. The molecule has 0 amide bonds. The highest BCUT2D eigenvalue weighted by Crippen LogP contribution is 2.38. The smallest absolute Gasteiger partial charge is 0.241 e. The molecule has 0 spiro atoms. The van der Waals surface area contributed by atoms with Gasteiger partial charge in [-0.05, 0) is 6.42 Å². The maximum atomic E-state index is 5.75. The molecule has 0 saturated carbocycles. The molecule has 3 heterocycles. The largest absolute Gasteiger partial charge is 0.479 e. The number of pyridine rings is 1. The standard InChI is InChI=1S/C10H12N4OS/c1-15-9-7-8(16-10(11)13-7)6(5-12-9)14-3-2-4-14/h5H,2-4H2,1H3,(H2,11,13). The summed E-state index contributed by atoms with van der Waals surface area (Å²) in [6.45, 7) is 2.17. The van der Waals surface area contributed by atoms with Crippen molar-refractivity contribution in [2.24, 2.45) is 0 Å². The van der Waals surface area contributed by atoms with Crippen molar-refractivity contribution in [3.05, 3.63) is 6.20 Å². The van der Waals surface area contributed by atoms with Crippen LogP contribution in [0.2, 0.25) is 0 Å². The van der Waals surface area contributed by atoms with Crippen LogP contribution in [0, 0.1) is 0 Å². The van der Waals surface area contributed by atoms with E-state index in [1.54, 1.807) is 7.11 Å². The van der Waals surface area contributed by atoms with E-state index in [4.69, 9.17) is 10.5 Å². The SMILES string of the molecule is COc1ncc(N2CCC2)c2sc(N)nc12. The van der Waals surface area contributed by atoms with Crippen molar-refractivity contribution in [3.8, 4) is 5.88 Å². The Balaban J connectivity index is 2.22. The molecule has 2 aromatic rings. The zero-order chi connectivity index (χ0) is 11.1. The number of rotatable bonds is 2. The van der Waals surface area contributed by atoms with Crippen LogP contribution in [0.5, 0.6) is 5.88 Å². The van der Waals surface area contributed by atoms with Crippen LogP contribution in [0.4, 0.5) is 10.8 Å². The highest BCUT2D eigenvalue weighted by Gasteiger charge is 2.21. The molecule has 0 aliphatic carbocycles. The Morgan fingerprint density at radius 2 is 2.31 bits per heavy atom. The number of hydrogen-bond donors (Lipinski definition) is 1. The van der Waals surface area contributed by atoms with Crippen molar-refractivity contribution < 1.29 is 4.74 Å². The van der Waals surface area contributed by atoms with Gasteiger partial charge in [0.15, 0.2) is 5.13 Å². The van der Waals surface area contributed by atoms with Gasteiger partial charge in [0.05, 0.1) is 23.7 Å². The minimum atomic E-state index is 0.548. The molecule has 0 bridgehead atoms. The molecule has 2 N–H and O–H groups in total. The molecule has 0 atom stereocenters. The summed E-state index contributed by atoms with van der Waals surface area (Å²) < 4.78 is 6.26. The van der Waals surface area contributed by atoms with Gasteiger partial charge in [-0.3, -0.25) is 0 Å². The summed E-state index contributed by atoms with van der Waals surface area (Å²) >= 11 is 1.49. The van der Waals surface area contributed by atoms with Gasteiger partial charge in [0.1, 0.15) is 5.52 Å². The Morgan fingerprint density at radius 3 is 2.94 bits per heavy atom. The number of aromatic nitrogens is 2. The first-order chi connectivity index (χ1) is 7.79. The molecule has 0 radical (unpaired) electrons. The number of anilines is 2. The van der Waals surface area contributed by atoms with Crippen LogP contribution in [0.15, 0.2) is 6.20 Å².